The van der Waals surface area contributed by atoms with Gasteiger partial charge < -0.3 is 20.5 Å². The number of hydrogen-bond donors (Lipinski definition) is 2. The standard InChI is InChI=1S/C18H25FN2O3.ClH/c1-12(21-17(22)18(20)6-8-23-9-7-18)14-4-5-16(15(19)10-14)24-11-13-2-3-13;/h4-5,10,12-13H,2-3,6-9,11,20H2,1H3,(H,21,22);1H. The molecule has 25 heavy (non-hydrogen) atoms. The molecule has 140 valence electrons. The molecule has 1 unspecified atom stereocenters. The second kappa shape index (κ2) is 8.34. The summed E-state index contributed by atoms with van der Waals surface area (Å²) in [5, 5.41) is 2.89. The molecule has 1 aliphatic heterocycles. The summed E-state index contributed by atoms with van der Waals surface area (Å²) in [4.78, 5) is 12.4. The van der Waals surface area contributed by atoms with Crippen LogP contribution in [-0.2, 0) is 9.53 Å². The van der Waals surface area contributed by atoms with Gasteiger partial charge in [0, 0.05) is 13.2 Å². The van der Waals surface area contributed by atoms with Gasteiger partial charge in [-0.05, 0) is 56.2 Å². The highest BCUT2D eigenvalue weighted by molar-refractivity contribution is 5.86. The molecule has 3 rings (SSSR count). The molecule has 1 aliphatic carbocycles. The van der Waals surface area contributed by atoms with E-state index in [2.05, 4.69) is 5.32 Å². The predicted octanol–water partition coefficient (Wildman–Crippen LogP) is 2.72. The van der Waals surface area contributed by atoms with Crippen molar-refractivity contribution in [2.75, 3.05) is 19.8 Å². The minimum Gasteiger partial charge on any atom is -0.490 e. The summed E-state index contributed by atoms with van der Waals surface area (Å²) in [6.45, 7) is 3.36. The number of hydrogen-bond acceptors (Lipinski definition) is 4. The van der Waals surface area contributed by atoms with Crippen LogP contribution in [0.4, 0.5) is 4.39 Å². The minimum absolute atomic E-state index is 0. The van der Waals surface area contributed by atoms with Crippen molar-refractivity contribution in [3.8, 4) is 5.75 Å². The molecule has 1 saturated carbocycles. The number of halogens is 2. The highest BCUT2D eigenvalue weighted by Gasteiger charge is 2.36. The SMILES string of the molecule is CC(NC(=O)C1(N)CCOCC1)c1ccc(OCC2CC2)c(F)c1.Cl. The molecule has 1 saturated heterocycles. The third kappa shape index (κ3) is 5.06. The molecule has 0 radical (unpaired) electrons. The maximum atomic E-state index is 14.2. The molecule has 1 amide bonds. The lowest BCUT2D eigenvalue weighted by Crippen LogP contribution is -2.57. The molecule has 1 heterocycles. The average molecular weight is 373 g/mol. The van der Waals surface area contributed by atoms with Crippen molar-refractivity contribution >= 4 is 18.3 Å². The molecule has 0 spiro atoms. The van der Waals surface area contributed by atoms with Gasteiger partial charge in [0.1, 0.15) is 0 Å². The van der Waals surface area contributed by atoms with Crippen LogP contribution in [0.25, 0.3) is 0 Å². The molecule has 1 aromatic carbocycles. The first-order chi connectivity index (χ1) is 11.5. The summed E-state index contributed by atoms with van der Waals surface area (Å²) >= 11 is 0. The molecule has 2 aliphatic rings. The van der Waals surface area contributed by atoms with Crippen LogP contribution in [0.1, 0.15) is 44.2 Å². The topological polar surface area (TPSA) is 73.6 Å². The van der Waals surface area contributed by atoms with Crippen molar-refractivity contribution in [3.63, 3.8) is 0 Å². The zero-order valence-corrected chi connectivity index (χ0v) is 15.2. The molecule has 1 aromatic rings. The van der Waals surface area contributed by atoms with Gasteiger partial charge in [-0.1, -0.05) is 6.07 Å². The Morgan fingerprint density at radius 1 is 1.44 bits per heavy atom. The number of carbonyl (C=O) groups excluding carboxylic acids is 1. The summed E-state index contributed by atoms with van der Waals surface area (Å²) in [6.07, 6.45) is 3.31. The van der Waals surface area contributed by atoms with Gasteiger partial charge in [-0.15, -0.1) is 12.4 Å². The number of nitrogens with two attached hydrogens (primary N) is 1. The van der Waals surface area contributed by atoms with Crippen LogP contribution in [-0.4, -0.2) is 31.3 Å². The third-order valence-electron chi connectivity index (χ3n) is 4.81. The first-order valence-corrected chi connectivity index (χ1v) is 8.58. The van der Waals surface area contributed by atoms with Gasteiger partial charge in [-0.3, -0.25) is 4.79 Å². The lowest BCUT2D eigenvalue weighted by molar-refractivity contribution is -0.130. The fourth-order valence-corrected chi connectivity index (χ4v) is 2.78. The Kier molecular flexibility index (Phi) is 6.65. The largest absolute Gasteiger partial charge is 0.490 e. The van der Waals surface area contributed by atoms with E-state index in [9.17, 15) is 9.18 Å². The smallest absolute Gasteiger partial charge is 0.240 e. The molecular weight excluding hydrogens is 347 g/mol. The van der Waals surface area contributed by atoms with E-state index in [0.717, 1.165) is 12.8 Å². The van der Waals surface area contributed by atoms with Crippen molar-refractivity contribution < 1.29 is 18.7 Å². The second-order valence-electron chi connectivity index (χ2n) is 6.91. The van der Waals surface area contributed by atoms with Crippen LogP contribution in [0.5, 0.6) is 5.75 Å². The Hall–Kier alpha value is -1.37. The molecular formula is C18H26ClFN2O3. The van der Waals surface area contributed by atoms with Crippen LogP contribution < -0.4 is 15.8 Å². The number of rotatable bonds is 6. The third-order valence-corrected chi connectivity index (χ3v) is 4.81. The number of ether oxygens (including phenoxy) is 2. The van der Waals surface area contributed by atoms with Gasteiger partial charge in [-0.25, -0.2) is 4.39 Å². The fourth-order valence-electron chi connectivity index (χ4n) is 2.78. The predicted molar refractivity (Wildman–Crippen MR) is 95.4 cm³/mol. The van der Waals surface area contributed by atoms with Gasteiger partial charge >= 0.3 is 0 Å². The van der Waals surface area contributed by atoms with Gasteiger partial charge in [0.2, 0.25) is 5.91 Å². The fraction of sp³-hybridized carbons (Fsp3) is 0.611. The van der Waals surface area contributed by atoms with E-state index in [1.54, 1.807) is 12.1 Å². The van der Waals surface area contributed by atoms with E-state index in [-0.39, 0.29) is 30.1 Å². The van der Waals surface area contributed by atoms with Crippen LogP contribution in [0, 0.1) is 11.7 Å². The Labute approximate surface area is 153 Å². The second-order valence-corrected chi connectivity index (χ2v) is 6.91. The highest BCUT2D eigenvalue weighted by Crippen LogP contribution is 2.30. The van der Waals surface area contributed by atoms with E-state index in [1.807, 2.05) is 6.92 Å². The molecule has 2 fully saturated rings. The number of nitrogens with one attached hydrogen (secondary N) is 1. The quantitative estimate of drug-likeness (QED) is 0.805. The molecule has 7 heteroatoms. The van der Waals surface area contributed by atoms with Gasteiger partial charge in [0.15, 0.2) is 11.6 Å². The molecule has 5 nitrogen and oxygen atoms in total. The van der Waals surface area contributed by atoms with E-state index < -0.39 is 11.4 Å². The summed E-state index contributed by atoms with van der Waals surface area (Å²) in [5.41, 5.74) is 5.96. The first-order valence-electron chi connectivity index (χ1n) is 8.58. The number of carbonyl (C=O) groups is 1. The lowest BCUT2D eigenvalue weighted by Gasteiger charge is -2.33. The van der Waals surface area contributed by atoms with Crippen LogP contribution in [0.15, 0.2) is 18.2 Å². The number of benzene rings is 1. The Bertz CT molecular complexity index is 604. The summed E-state index contributed by atoms with van der Waals surface area (Å²) < 4.78 is 24.9. The maximum Gasteiger partial charge on any atom is 0.240 e. The Morgan fingerprint density at radius 2 is 2.12 bits per heavy atom. The van der Waals surface area contributed by atoms with Gasteiger partial charge in [0.25, 0.3) is 0 Å². The van der Waals surface area contributed by atoms with Gasteiger partial charge in [-0.2, -0.15) is 0 Å². The zero-order valence-electron chi connectivity index (χ0n) is 14.4. The molecule has 0 aromatic heterocycles. The van der Waals surface area contributed by atoms with Crippen molar-refractivity contribution in [1.29, 1.82) is 0 Å². The summed E-state index contributed by atoms with van der Waals surface area (Å²) in [5.74, 6) is 0.224. The average Bonchev–Trinajstić information content (AvgIpc) is 3.38. The number of amides is 1. The lowest BCUT2D eigenvalue weighted by atomic mass is 9.90. The van der Waals surface area contributed by atoms with E-state index >= 15 is 0 Å². The van der Waals surface area contributed by atoms with E-state index in [1.165, 1.54) is 6.07 Å². The Balaban J connectivity index is 0.00000225. The van der Waals surface area contributed by atoms with Crippen molar-refractivity contribution in [1.82, 2.24) is 5.32 Å². The molecule has 3 N–H and O–H groups in total. The summed E-state index contributed by atoms with van der Waals surface area (Å²) in [6, 6.07) is 4.50. The first kappa shape index (κ1) is 19.9. The van der Waals surface area contributed by atoms with E-state index in [4.69, 9.17) is 15.2 Å². The molecule has 1 atom stereocenters. The Morgan fingerprint density at radius 3 is 2.72 bits per heavy atom. The normalized spacial score (nSPS) is 20.3. The zero-order chi connectivity index (χ0) is 17.2. The monoisotopic (exact) mass is 372 g/mol. The highest BCUT2D eigenvalue weighted by atomic mass is 35.5. The van der Waals surface area contributed by atoms with Crippen molar-refractivity contribution in [2.24, 2.45) is 11.7 Å². The minimum atomic E-state index is -0.904. The van der Waals surface area contributed by atoms with Crippen molar-refractivity contribution in [2.45, 2.75) is 44.2 Å². The maximum absolute atomic E-state index is 14.2. The van der Waals surface area contributed by atoms with Crippen molar-refractivity contribution in [3.05, 3.63) is 29.6 Å². The molecule has 0 bridgehead atoms. The van der Waals surface area contributed by atoms with Crippen LogP contribution in [0.2, 0.25) is 0 Å². The van der Waals surface area contributed by atoms with Gasteiger partial charge in [0.05, 0.1) is 18.2 Å². The van der Waals surface area contributed by atoms with E-state index in [0.29, 0.717) is 44.1 Å². The van der Waals surface area contributed by atoms with Crippen LogP contribution in [0.3, 0.4) is 0 Å². The van der Waals surface area contributed by atoms with Crippen LogP contribution >= 0.6 is 12.4 Å². The summed E-state index contributed by atoms with van der Waals surface area (Å²) in [7, 11) is 0.